The number of amides is 1. The molecule has 1 aromatic heterocycles. The van der Waals surface area contributed by atoms with E-state index in [-0.39, 0.29) is 5.91 Å². The van der Waals surface area contributed by atoms with Crippen molar-refractivity contribution in [2.24, 2.45) is 5.41 Å². The van der Waals surface area contributed by atoms with Crippen LogP contribution in [0.25, 0.3) is 0 Å². The van der Waals surface area contributed by atoms with Crippen LogP contribution < -0.4 is 10.6 Å². The Bertz CT molecular complexity index is 384. The second-order valence-corrected chi connectivity index (χ2v) is 5.14. The summed E-state index contributed by atoms with van der Waals surface area (Å²) in [6, 6.07) is 0. The maximum atomic E-state index is 11.6. The Hall–Kier alpha value is -1.36. The molecule has 18 heavy (non-hydrogen) atoms. The fourth-order valence-electron chi connectivity index (χ4n) is 1.86. The summed E-state index contributed by atoms with van der Waals surface area (Å²) in [6.45, 7) is 8.37. The summed E-state index contributed by atoms with van der Waals surface area (Å²) in [7, 11) is 1.67. The maximum Gasteiger partial charge on any atom is 0.226 e. The minimum absolute atomic E-state index is 0.0528. The van der Waals surface area contributed by atoms with Gasteiger partial charge in [-0.2, -0.15) is 0 Å². The van der Waals surface area contributed by atoms with Crippen molar-refractivity contribution < 1.29 is 4.79 Å². The molecule has 1 amide bonds. The number of rotatable bonds is 7. The maximum absolute atomic E-state index is 11.6. The monoisotopic (exact) mass is 252 g/mol. The van der Waals surface area contributed by atoms with Gasteiger partial charge in [0.05, 0.1) is 17.4 Å². The van der Waals surface area contributed by atoms with Crippen molar-refractivity contribution in [2.45, 2.75) is 40.3 Å². The lowest BCUT2D eigenvalue weighted by Crippen LogP contribution is -2.42. The van der Waals surface area contributed by atoms with E-state index in [0.29, 0.717) is 6.54 Å². The topological polar surface area (TPSA) is 59.0 Å². The largest absolute Gasteiger partial charge is 0.359 e. The predicted octanol–water partition coefficient (Wildman–Crippen LogP) is 1.15. The third-order valence-corrected chi connectivity index (χ3v) is 2.98. The third kappa shape index (κ3) is 3.84. The van der Waals surface area contributed by atoms with Crippen molar-refractivity contribution in [3.05, 3.63) is 18.2 Å². The minimum Gasteiger partial charge on any atom is -0.359 e. The summed E-state index contributed by atoms with van der Waals surface area (Å²) in [5.74, 6) is 0.0528. The highest BCUT2D eigenvalue weighted by Crippen LogP contribution is 2.13. The molecule has 102 valence electrons. The molecule has 0 aromatic carbocycles. The normalized spacial score (nSPS) is 11.6. The van der Waals surface area contributed by atoms with Gasteiger partial charge < -0.3 is 15.2 Å². The van der Waals surface area contributed by atoms with Crippen molar-refractivity contribution in [3.8, 4) is 0 Å². The van der Waals surface area contributed by atoms with Crippen molar-refractivity contribution in [2.75, 3.05) is 13.6 Å². The average molecular weight is 252 g/mol. The van der Waals surface area contributed by atoms with Crippen LogP contribution in [0.3, 0.4) is 0 Å². The second-order valence-electron chi connectivity index (χ2n) is 5.14. The number of nitrogens with zero attached hydrogens (tertiary/aromatic N) is 2. The Balaban J connectivity index is 2.46. The summed E-state index contributed by atoms with van der Waals surface area (Å²) in [5, 5.41) is 6.00. The third-order valence-electron chi connectivity index (χ3n) is 2.98. The highest BCUT2D eigenvalue weighted by molar-refractivity contribution is 5.81. The Morgan fingerprint density at radius 2 is 2.22 bits per heavy atom. The number of aryl methyl sites for hydroxylation is 1. The number of carbonyl (C=O) groups is 1. The van der Waals surface area contributed by atoms with Crippen molar-refractivity contribution in [3.63, 3.8) is 0 Å². The highest BCUT2D eigenvalue weighted by Gasteiger charge is 2.25. The molecule has 0 bridgehead atoms. The van der Waals surface area contributed by atoms with Gasteiger partial charge in [-0.25, -0.2) is 4.98 Å². The molecule has 0 atom stereocenters. The highest BCUT2D eigenvalue weighted by atomic mass is 16.2. The molecule has 0 unspecified atom stereocenters. The van der Waals surface area contributed by atoms with Crippen LogP contribution >= 0.6 is 0 Å². The van der Waals surface area contributed by atoms with Gasteiger partial charge in [0.1, 0.15) is 0 Å². The molecule has 2 N–H and O–H groups in total. The number of imidazole rings is 1. The van der Waals surface area contributed by atoms with Gasteiger partial charge in [0.2, 0.25) is 5.91 Å². The minimum atomic E-state index is -0.398. The molecule has 1 heterocycles. The zero-order valence-corrected chi connectivity index (χ0v) is 11.8. The van der Waals surface area contributed by atoms with Crippen molar-refractivity contribution in [1.82, 2.24) is 20.2 Å². The quantitative estimate of drug-likeness (QED) is 0.765. The van der Waals surface area contributed by atoms with Gasteiger partial charge in [-0.05, 0) is 20.3 Å². The lowest BCUT2D eigenvalue weighted by Gasteiger charge is -2.23. The van der Waals surface area contributed by atoms with Crippen LogP contribution in [0.15, 0.2) is 12.5 Å². The lowest BCUT2D eigenvalue weighted by atomic mass is 9.92. The molecule has 0 saturated heterocycles. The molecule has 5 nitrogen and oxygen atoms in total. The van der Waals surface area contributed by atoms with Gasteiger partial charge >= 0.3 is 0 Å². The number of hydrogen-bond acceptors (Lipinski definition) is 3. The van der Waals surface area contributed by atoms with Crippen molar-refractivity contribution in [1.29, 1.82) is 0 Å². The predicted molar refractivity (Wildman–Crippen MR) is 72.1 cm³/mol. The van der Waals surface area contributed by atoms with Crippen molar-refractivity contribution >= 4 is 5.91 Å². The molecule has 0 aliphatic heterocycles. The Morgan fingerprint density at radius 3 is 2.83 bits per heavy atom. The van der Waals surface area contributed by atoms with Gasteiger partial charge in [-0.1, -0.05) is 6.92 Å². The standard InChI is InChI=1S/C13H24N4O/c1-5-6-17-10-16-8-11(17)7-15-9-13(2,3)12(18)14-4/h8,10,15H,5-7,9H2,1-4H3,(H,14,18). The van der Waals surface area contributed by atoms with E-state index in [1.165, 1.54) is 0 Å². The fraction of sp³-hybridized carbons (Fsp3) is 0.692. The summed E-state index contributed by atoms with van der Waals surface area (Å²) >= 11 is 0. The molecule has 0 spiro atoms. The lowest BCUT2D eigenvalue weighted by molar-refractivity contribution is -0.128. The van der Waals surface area contributed by atoms with Gasteiger partial charge in [-0.3, -0.25) is 4.79 Å². The van der Waals surface area contributed by atoms with E-state index >= 15 is 0 Å². The summed E-state index contributed by atoms with van der Waals surface area (Å²) in [5.41, 5.74) is 0.759. The van der Waals surface area contributed by atoms with E-state index in [0.717, 1.165) is 25.2 Å². The van der Waals surface area contributed by atoms with Gasteiger partial charge in [0.15, 0.2) is 0 Å². The molecule has 1 rings (SSSR count). The molecular formula is C13H24N4O. The molecule has 0 aliphatic rings. The van der Waals surface area contributed by atoms with E-state index in [9.17, 15) is 4.79 Å². The fourth-order valence-corrected chi connectivity index (χ4v) is 1.86. The Morgan fingerprint density at radius 1 is 1.50 bits per heavy atom. The average Bonchev–Trinajstić information content (AvgIpc) is 2.76. The molecule has 1 aromatic rings. The first-order chi connectivity index (χ1) is 8.51. The first kappa shape index (κ1) is 14.7. The molecule has 0 radical (unpaired) electrons. The van der Waals surface area contributed by atoms with E-state index in [2.05, 4.69) is 27.1 Å². The zero-order valence-electron chi connectivity index (χ0n) is 11.8. The van der Waals surface area contributed by atoms with Gasteiger partial charge in [0.25, 0.3) is 0 Å². The Kier molecular flexibility index (Phi) is 5.34. The molecule has 0 aliphatic carbocycles. The number of aromatic nitrogens is 2. The number of hydrogen-bond donors (Lipinski definition) is 2. The summed E-state index contributed by atoms with van der Waals surface area (Å²) in [4.78, 5) is 15.8. The summed E-state index contributed by atoms with van der Waals surface area (Å²) in [6.07, 6.45) is 4.81. The first-order valence-corrected chi connectivity index (χ1v) is 6.43. The van der Waals surface area contributed by atoms with Gasteiger partial charge in [0, 0.05) is 32.9 Å². The smallest absolute Gasteiger partial charge is 0.226 e. The first-order valence-electron chi connectivity index (χ1n) is 6.43. The molecule has 0 fully saturated rings. The number of carbonyl (C=O) groups excluding carboxylic acids is 1. The van der Waals surface area contributed by atoms with E-state index in [1.807, 2.05) is 26.4 Å². The van der Waals surface area contributed by atoms with Crippen LogP contribution in [0.1, 0.15) is 32.9 Å². The van der Waals surface area contributed by atoms with Crippen LogP contribution in [0.5, 0.6) is 0 Å². The van der Waals surface area contributed by atoms with E-state index in [4.69, 9.17) is 0 Å². The van der Waals surface area contributed by atoms with Crippen LogP contribution in [0, 0.1) is 5.41 Å². The molecule has 0 saturated carbocycles. The number of nitrogens with one attached hydrogen (secondary N) is 2. The van der Waals surface area contributed by atoms with E-state index in [1.54, 1.807) is 7.05 Å². The van der Waals surface area contributed by atoms with Crippen LogP contribution in [0.2, 0.25) is 0 Å². The van der Waals surface area contributed by atoms with Crippen LogP contribution in [0.4, 0.5) is 0 Å². The van der Waals surface area contributed by atoms with E-state index < -0.39 is 5.41 Å². The summed E-state index contributed by atoms with van der Waals surface area (Å²) < 4.78 is 2.14. The second kappa shape index (κ2) is 6.54. The van der Waals surface area contributed by atoms with Crippen LogP contribution in [-0.4, -0.2) is 29.1 Å². The zero-order chi connectivity index (χ0) is 13.6. The molecule has 5 heteroatoms. The SMILES string of the molecule is CCCn1cncc1CNCC(C)(C)C(=O)NC. The molecular weight excluding hydrogens is 228 g/mol. The Labute approximate surface area is 109 Å². The van der Waals surface area contributed by atoms with Gasteiger partial charge in [-0.15, -0.1) is 0 Å². The van der Waals surface area contributed by atoms with Crippen LogP contribution in [-0.2, 0) is 17.9 Å².